The summed E-state index contributed by atoms with van der Waals surface area (Å²) in [6.07, 6.45) is -3.79. The summed E-state index contributed by atoms with van der Waals surface area (Å²) in [5.41, 5.74) is 4.36. The molecule has 1 aliphatic carbocycles. The number of carbonyl (C=O) groups is 1. The van der Waals surface area contributed by atoms with Crippen molar-refractivity contribution in [3.63, 3.8) is 0 Å². The smallest absolute Gasteiger partial charge is 0.395 e. The molecule has 110 valence electrons. The van der Waals surface area contributed by atoms with E-state index in [9.17, 15) is 18.0 Å². The highest BCUT2D eigenvalue weighted by Gasteiger charge is 2.53. The molecule has 0 unspecified atom stereocenters. The molecule has 1 fully saturated rings. The summed E-state index contributed by atoms with van der Waals surface area (Å²) in [5, 5.41) is 8.80. The fourth-order valence-electron chi connectivity index (χ4n) is 2.50. The lowest BCUT2D eigenvalue weighted by atomic mass is 9.61. The highest BCUT2D eigenvalue weighted by atomic mass is 32.1. The molecular weight excluding hydrogens is 281 g/mol. The minimum atomic E-state index is -4.52. The van der Waals surface area contributed by atoms with Gasteiger partial charge >= 0.3 is 6.18 Å². The Morgan fingerprint density at radius 1 is 1.53 bits per heavy atom. The van der Waals surface area contributed by atoms with E-state index in [0.29, 0.717) is 17.7 Å². The van der Waals surface area contributed by atoms with E-state index < -0.39 is 30.7 Å². The molecule has 0 saturated heterocycles. The first kappa shape index (κ1) is 16.2. The van der Waals surface area contributed by atoms with Crippen molar-refractivity contribution in [1.82, 2.24) is 4.90 Å². The Labute approximate surface area is 114 Å². The van der Waals surface area contributed by atoms with E-state index in [1.54, 1.807) is 0 Å². The van der Waals surface area contributed by atoms with Crippen LogP contribution in [-0.2, 0) is 4.79 Å². The van der Waals surface area contributed by atoms with Crippen molar-refractivity contribution in [2.24, 2.45) is 17.1 Å². The van der Waals surface area contributed by atoms with Crippen molar-refractivity contribution in [2.75, 3.05) is 19.7 Å². The summed E-state index contributed by atoms with van der Waals surface area (Å²) in [6, 6.07) is 0. The molecule has 3 N–H and O–H groups in total. The maximum atomic E-state index is 12.4. The molecule has 0 aliphatic heterocycles. The lowest BCUT2D eigenvalue weighted by Gasteiger charge is -2.46. The molecule has 0 spiro atoms. The Kier molecular flexibility index (Phi) is 4.78. The van der Waals surface area contributed by atoms with Crippen LogP contribution >= 0.6 is 12.2 Å². The lowest BCUT2D eigenvalue weighted by molar-refractivity contribution is -0.169. The third-order valence-electron chi connectivity index (χ3n) is 3.30. The van der Waals surface area contributed by atoms with Gasteiger partial charge in [-0.2, -0.15) is 13.2 Å². The van der Waals surface area contributed by atoms with Gasteiger partial charge in [-0.25, -0.2) is 0 Å². The maximum Gasteiger partial charge on any atom is 0.406 e. The summed E-state index contributed by atoms with van der Waals surface area (Å²) in [5.74, 6) is -0.531. The summed E-state index contributed by atoms with van der Waals surface area (Å²) >= 11 is 4.84. The first-order valence-corrected chi connectivity index (χ1v) is 6.30. The molecule has 1 saturated carbocycles. The molecular formula is C11H17F3N2O2S. The zero-order valence-electron chi connectivity index (χ0n) is 10.5. The Morgan fingerprint density at radius 3 is 2.37 bits per heavy atom. The van der Waals surface area contributed by atoms with Crippen LogP contribution in [-0.4, -0.2) is 46.8 Å². The van der Waals surface area contributed by atoms with Gasteiger partial charge in [-0.3, -0.25) is 4.79 Å². The van der Waals surface area contributed by atoms with Crippen molar-refractivity contribution in [3.8, 4) is 0 Å². The fourth-order valence-corrected chi connectivity index (χ4v) is 2.76. The van der Waals surface area contributed by atoms with E-state index in [2.05, 4.69) is 0 Å². The van der Waals surface area contributed by atoms with Gasteiger partial charge in [-0.05, 0) is 18.8 Å². The third kappa shape index (κ3) is 3.56. The zero-order valence-corrected chi connectivity index (χ0v) is 11.4. The van der Waals surface area contributed by atoms with Crippen LogP contribution in [0.3, 0.4) is 0 Å². The second-order valence-electron chi connectivity index (χ2n) is 5.03. The van der Waals surface area contributed by atoms with Gasteiger partial charge in [0.1, 0.15) is 6.54 Å². The van der Waals surface area contributed by atoms with Crippen LogP contribution in [0.1, 0.15) is 19.8 Å². The normalized spacial score (nSPS) is 26.7. The van der Waals surface area contributed by atoms with E-state index in [1.807, 2.05) is 6.92 Å². The number of alkyl halides is 3. The number of thiocarbonyl (C=S) groups is 1. The predicted molar refractivity (Wildman–Crippen MR) is 67.3 cm³/mol. The van der Waals surface area contributed by atoms with Crippen LogP contribution < -0.4 is 5.73 Å². The second kappa shape index (κ2) is 5.62. The predicted octanol–water partition coefficient (Wildman–Crippen LogP) is 1.07. The number of rotatable bonds is 5. The number of aliphatic hydroxyl groups excluding tert-OH is 1. The summed E-state index contributed by atoms with van der Waals surface area (Å²) in [7, 11) is 0. The molecule has 1 rings (SSSR count). The SMILES string of the molecule is CC1CC(C(=O)N(CCO)CC(F)(F)F)(C(N)=S)C1. The topological polar surface area (TPSA) is 66.6 Å². The minimum absolute atomic E-state index is 0.0688. The number of aliphatic hydroxyl groups is 1. The van der Waals surface area contributed by atoms with E-state index in [1.165, 1.54) is 0 Å². The number of nitrogens with two attached hydrogens (primary N) is 1. The Bertz CT molecular complexity index is 367. The summed E-state index contributed by atoms with van der Waals surface area (Å²) < 4.78 is 37.3. The molecule has 0 radical (unpaired) electrons. The number of halogens is 3. The van der Waals surface area contributed by atoms with Gasteiger partial charge in [0.15, 0.2) is 0 Å². The first-order valence-electron chi connectivity index (χ1n) is 5.89. The molecule has 0 aromatic carbocycles. The van der Waals surface area contributed by atoms with Crippen LogP contribution in [0.5, 0.6) is 0 Å². The molecule has 0 bridgehead atoms. The van der Waals surface area contributed by atoms with Gasteiger partial charge in [0.25, 0.3) is 0 Å². The van der Waals surface area contributed by atoms with Crippen LogP contribution in [0.4, 0.5) is 13.2 Å². The van der Waals surface area contributed by atoms with E-state index in [-0.39, 0.29) is 17.5 Å². The van der Waals surface area contributed by atoms with Crippen molar-refractivity contribution >= 4 is 23.1 Å². The molecule has 0 aromatic rings. The average molecular weight is 298 g/mol. The largest absolute Gasteiger partial charge is 0.406 e. The highest BCUT2D eigenvalue weighted by molar-refractivity contribution is 7.80. The van der Waals surface area contributed by atoms with Crippen molar-refractivity contribution in [3.05, 3.63) is 0 Å². The van der Waals surface area contributed by atoms with Crippen LogP contribution in [0.2, 0.25) is 0 Å². The average Bonchev–Trinajstić information content (AvgIpc) is 2.20. The first-order chi connectivity index (χ1) is 8.62. The number of hydrogen-bond acceptors (Lipinski definition) is 3. The van der Waals surface area contributed by atoms with Gasteiger partial charge < -0.3 is 15.7 Å². The number of hydrogen-bond donors (Lipinski definition) is 2. The third-order valence-corrected chi connectivity index (χ3v) is 3.69. The van der Waals surface area contributed by atoms with E-state index in [0.717, 1.165) is 0 Å². The van der Waals surface area contributed by atoms with Crippen LogP contribution in [0, 0.1) is 11.3 Å². The van der Waals surface area contributed by atoms with Crippen molar-refractivity contribution in [2.45, 2.75) is 25.9 Å². The minimum Gasteiger partial charge on any atom is -0.395 e. The second-order valence-corrected chi connectivity index (χ2v) is 5.47. The van der Waals surface area contributed by atoms with E-state index in [4.69, 9.17) is 23.1 Å². The number of amides is 1. The van der Waals surface area contributed by atoms with Gasteiger partial charge in [0.05, 0.1) is 17.0 Å². The molecule has 8 heteroatoms. The quantitative estimate of drug-likeness (QED) is 0.745. The molecule has 0 aromatic heterocycles. The fraction of sp³-hybridized carbons (Fsp3) is 0.818. The van der Waals surface area contributed by atoms with Gasteiger partial charge in [0, 0.05) is 6.54 Å². The number of carbonyl (C=O) groups excluding carboxylic acids is 1. The standard InChI is InChI=1S/C11H17F3N2O2S/c1-7-4-10(5-7,8(15)19)9(18)16(2-3-17)6-11(12,13)14/h7,17H,2-6H2,1H3,(H2,15,19). The summed E-state index contributed by atoms with van der Waals surface area (Å²) in [4.78, 5) is 12.8. The van der Waals surface area contributed by atoms with Gasteiger partial charge in [0.2, 0.25) is 5.91 Å². The van der Waals surface area contributed by atoms with Crippen LogP contribution in [0.15, 0.2) is 0 Å². The molecule has 19 heavy (non-hydrogen) atoms. The molecule has 1 aliphatic rings. The molecule has 4 nitrogen and oxygen atoms in total. The summed E-state index contributed by atoms with van der Waals surface area (Å²) in [6.45, 7) is -0.434. The van der Waals surface area contributed by atoms with Crippen LogP contribution in [0.25, 0.3) is 0 Å². The molecule has 1 amide bonds. The highest BCUT2D eigenvalue weighted by Crippen LogP contribution is 2.47. The Morgan fingerprint density at radius 2 is 2.05 bits per heavy atom. The zero-order chi connectivity index (χ0) is 14.8. The number of nitrogens with zero attached hydrogens (tertiary/aromatic N) is 1. The van der Waals surface area contributed by atoms with Gasteiger partial charge in [-0.15, -0.1) is 0 Å². The molecule has 0 heterocycles. The van der Waals surface area contributed by atoms with E-state index >= 15 is 0 Å². The van der Waals surface area contributed by atoms with Gasteiger partial charge in [-0.1, -0.05) is 19.1 Å². The maximum absolute atomic E-state index is 12.4. The monoisotopic (exact) mass is 298 g/mol. The molecule has 0 atom stereocenters. The Balaban J connectivity index is 2.89. The van der Waals surface area contributed by atoms with Crippen molar-refractivity contribution in [1.29, 1.82) is 0 Å². The Hall–Kier alpha value is -0.890. The lowest BCUT2D eigenvalue weighted by Crippen LogP contribution is -2.58. The van der Waals surface area contributed by atoms with Crippen molar-refractivity contribution < 1.29 is 23.1 Å².